The van der Waals surface area contributed by atoms with Crippen LogP contribution in [0.4, 0.5) is 0 Å². The van der Waals surface area contributed by atoms with Crippen molar-refractivity contribution in [1.29, 1.82) is 0 Å². The van der Waals surface area contributed by atoms with Crippen LogP contribution in [-0.4, -0.2) is 20.9 Å². The van der Waals surface area contributed by atoms with Crippen molar-refractivity contribution in [2.75, 3.05) is 0 Å². The quantitative estimate of drug-likeness (QED) is 0.900. The molecule has 4 nitrogen and oxygen atoms in total. The molecule has 112 valence electrons. The van der Waals surface area contributed by atoms with E-state index in [-0.39, 0.29) is 5.69 Å². The number of aromatic carboxylic acids is 1. The molecule has 0 atom stereocenters. The fourth-order valence-electron chi connectivity index (χ4n) is 2.64. The van der Waals surface area contributed by atoms with Crippen molar-refractivity contribution in [3.63, 3.8) is 0 Å². The Kier molecular flexibility index (Phi) is 4.46. The van der Waals surface area contributed by atoms with E-state index in [2.05, 4.69) is 31.1 Å². The third kappa shape index (κ3) is 2.99. The molecule has 21 heavy (non-hydrogen) atoms. The number of carboxylic acids is 1. The highest BCUT2D eigenvalue weighted by molar-refractivity contribution is 5.85. The Balaban J connectivity index is 2.65. The molecule has 0 unspecified atom stereocenters. The maximum absolute atomic E-state index is 11.3. The summed E-state index contributed by atoms with van der Waals surface area (Å²) >= 11 is 0. The molecule has 0 saturated heterocycles. The molecule has 1 N–H and O–H groups in total. The summed E-state index contributed by atoms with van der Waals surface area (Å²) < 4.78 is 1.81. The summed E-state index contributed by atoms with van der Waals surface area (Å²) in [5, 5.41) is 13.6. The van der Waals surface area contributed by atoms with Crippen LogP contribution in [0.2, 0.25) is 0 Å². The number of hydrogen-bond acceptors (Lipinski definition) is 2. The van der Waals surface area contributed by atoms with E-state index < -0.39 is 5.97 Å². The Morgan fingerprint density at radius 1 is 1.24 bits per heavy atom. The molecular formula is C17H22N2O2. The molecule has 1 heterocycles. The van der Waals surface area contributed by atoms with E-state index in [1.807, 2.05) is 24.6 Å². The van der Waals surface area contributed by atoms with Crippen LogP contribution in [0.5, 0.6) is 0 Å². The van der Waals surface area contributed by atoms with Gasteiger partial charge in [-0.05, 0) is 49.9 Å². The average Bonchev–Trinajstić information content (AvgIpc) is 2.88. The lowest BCUT2D eigenvalue weighted by molar-refractivity contribution is 0.0690. The van der Waals surface area contributed by atoms with Gasteiger partial charge in [-0.25, -0.2) is 9.48 Å². The first kappa shape index (κ1) is 15.3. The number of benzene rings is 1. The van der Waals surface area contributed by atoms with Gasteiger partial charge in [0.05, 0.1) is 5.69 Å². The third-order valence-corrected chi connectivity index (χ3v) is 3.95. The number of hydrogen-bond donors (Lipinski definition) is 1. The number of carboxylic acid groups (broad SMARTS) is 1. The van der Waals surface area contributed by atoms with Crippen LogP contribution in [0, 0.1) is 13.8 Å². The molecule has 4 heteroatoms. The van der Waals surface area contributed by atoms with E-state index in [9.17, 15) is 9.90 Å². The zero-order valence-electron chi connectivity index (χ0n) is 13.1. The molecule has 2 rings (SSSR count). The third-order valence-electron chi connectivity index (χ3n) is 3.95. The maximum atomic E-state index is 11.3. The van der Waals surface area contributed by atoms with Crippen molar-refractivity contribution in [2.45, 2.75) is 46.5 Å². The van der Waals surface area contributed by atoms with Gasteiger partial charge in [-0.3, -0.25) is 0 Å². The van der Waals surface area contributed by atoms with Gasteiger partial charge >= 0.3 is 5.97 Å². The van der Waals surface area contributed by atoms with Crippen LogP contribution in [0.1, 0.15) is 59.9 Å². The van der Waals surface area contributed by atoms with Gasteiger partial charge in [0.25, 0.3) is 0 Å². The largest absolute Gasteiger partial charge is 0.476 e. The summed E-state index contributed by atoms with van der Waals surface area (Å²) in [7, 11) is 0. The van der Waals surface area contributed by atoms with Gasteiger partial charge in [0.15, 0.2) is 5.69 Å². The predicted octanol–water partition coefficient (Wildman–Crippen LogP) is 4.09. The molecule has 0 aliphatic rings. The summed E-state index contributed by atoms with van der Waals surface area (Å²) in [4.78, 5) is 11.3. The molecule has 0 aliphatic carbocycles. The molecule has 1 aromatic heterocycles. The van der Waals surface area contributed by atoms with Gasteiger partial charge in [0.1, 0.15) is 0 Å². The Morgan fingerprint density at radius 3 is 2.48 bits per heavy atom. The van der Waals surface area contributed by atoms with Crippen molar-refractivity contribution in [3.8, 4) is 5.69 Å². The van der Waals surface area contributed by atoms with Gasteiger partial charge in [-0.1, -0.05) is 26.0 Å². The molecule has 0 amide bonds. The molecule has 0 saturated carbocycles. The summed E-state index contributed by atoms with van der Waals surface area (Å²) in [6.07, 6.45) is 1.93. The fraction of sp³-hybridized carbons (Fsp3) is 0.412. The van der Waals surface area contributed by atoms with E-state index in [0.717, 1.165) is 35.3 Å². The molecule has 0 spiro atoms. The normalized spacial score (nSPS) is 11.1. The number of nitrogens with zero attached hydrogens (tertiary/aromatic N) is 2. The van der Waals surface area contributed by atoms with Gasteiger partial charge < -0.3 is 5.11 Å². The van der Waals surface area contributed by atoms with Crippen LogP contribution < -0.4 is 0 Å². The number of aryl methyl sites for hydroxylation is 2. The van der Waals surface area contributed by atoms with Crippen molar-refractivity contribution >= 4 is 5.97 Å². The number of carbonyl (C=O) groups is 1. The van der Waals surface area contributed by atoms with E-state index in [1.165, 1.54) is 0 Å². The lowest BCUT2D eigenvalue weighted by Gasteiger charge is -2.16. The van der Waals surface area contributed by atoms with Gasteiger partial charge in [0.2, 0.25) is 0 Å². The topological polar surface area (TPSA) is 55.1 Å². The Labute approximate surface area is 125 Å². The molecule has 0 radical (unpaired) electrons. The minimum atomic E-state index is -0.980. The first-order valence-corrected chi connectivity index (χ1v) is 7.38. The van der Waals surface area contributed by atoms with Crippen molar-refractivity contribution in [3.05, 3.63) is 46.8 Å². The van der Waals surface area contributed by atoms with Crippen LogP contribution in [0.15, 0.2) is 24.3 Å². The second kappa shape index (κ2) is 6.12. The number of rotatable bonds is 5. The lowest BCUT2D eigenvalue weighted by Crippen LogP contribution is -2.09. The number of aromatic nitrogens is 2. The second-order valence-electron chi connectivity index (χ2n) is 5.47. The van der Waals surface area contributed by atoms with Crippen LogP contribution >= 0.6 is 0 Å². The van der Waals surface area contributed by atoms with Gasteiger partial charge in [-0.2, -0.15) is 5.10 Å². The standard InChI is InChI=1S/C17H22N2O2/c1-5-13(6-2)16-10-14(17(20)21)18-19(16)15-9-11(3)7-8-12(15)4/h7-10,13H,5-6H2,1-4H3,(H,20,21). The SMILES string of the molecule is CCC(CC)c1cc(C(=O)O)nn1-c1cc(C)ccc1C. The zero-order valence-corrected chi connectivity index (χ0v) is 13.1. The van der Waals surface area contributed by atoms with Crippen molar-refractivity contribution in [2.24, 2.45) is 0 Å². The van der Waals surface area contributed by atoms with Crippen LogP contribution in [0.25, 0.3) is 5.69 Å². The van der Waals surface area contributed by atoms with Gasteiger partial charge in [0, 0.05) is 11.6 Å². The van der Waals surface area contributed by atoms with Crippen LogP contribution in [-0.2, 0) is 0 Å². The van der Waals surface area contributed by atoms with Crippen LogP contribution in [0.3, 0.4) is 0 Å². The smallest absolute Gasteiger partial charge is 0.356 e. The zero-order chi connectivity index (χ0) is 15.6. The second-order valence-corrected chi connectivity index (χ2v) is 5.47. The highest BCUT2D eigenvalue weighted by Gasteiger charge is 2.20. The minimum absolute atomic E-state index is 0.109. The highest BCUT2D eigenvalue weighted by Crippen LogP contribution is 2.28. The molecule has 0 bridgehead atoms. The van der Waals surface area contributed by atoms with E-state index in [0.29, 0.717) is 5.92 Å². The summed E-state index contributed by atoms with van der Waals surface area (Å²) in [5.41, 5.74) is 4.28. The molecular weight excluding hydrogens is 264 g/mol. The van der Waals surface area contributed by atoms with E-state index >= 15 is 0 Å². The lowest BCUT2D eigenvalue weighted by atomic mass is 9.98. The average molecular weight is 286 g/mol. The minimum Gasteiger partial charge on any atom is -0.476 e. The molecule has 1 aromatic carbocycles. The van der Waals surface area contributed by atoms with E-state index in [1.54, 1.807) is 6.07 Å². The van der Waals surface area contributed by atoms with Gasteiger partial charge in [-0.15, -0.1) is 0 Å². The highest BCUT2D eigenvalue weighted by atomic mass is 16.4. The predicted molar refractivity (Wildman–Crippen MR) is 83.3 cm³/mol. The molecule has 2 aromatic rings. The molecule has 0 aliphatic heterocycles. The maximum Gasteiger partial charge on any atom is 0.356 e. The summed E-state index contributed by atoms with van der Waals surface area (Å²) in [6, 6.07) is 7.86. The Hall–Kier alpha value is -2.10. The Morgan fingerprint density at radius 2 is 1.90 bits per heavy atom. The Bertz CT molecular complexity index is 655. The fourth-order valence-corrected chi connectivity index (χ4v) is 2.64. The first-order chi connectivity index (χ1) is 9.97. The monoisotopic (exact) mass is 286 g/mol. The van der Waals surface area contributed by atoms with E-state index in [4.69, 9.17) is 0 Å². The summed E-state index contributed by atoms with van der Waals surface area (Å²) in [6.45, 7) is 8.29. The summed E-state index contributed by atoms with van der Waals surface area (Å²) in [5.74, 6) is -0.670. The van der Waals surface area contributed by atoms with Crippen molar-refractivity contribution in [1.82, 2.24) is 9.78 Å². The first-order valence-electron chi connectivity index (χ1n) is 7.38. The van der Waals surface area contributed by atoms with Crippen molar-refractivity contribution < 1.29 is 9.90 Å². The molecule has 0 fully saturated rings.